The highest BCUT2D eigenvalue weighted by molar-refractivity contribution is 7.98. The number of thioether (sulfide) groups is 1. The maximum Gasteiger partial charge on any atom is 0.158 e. The molecule has 4 heteroatoms. The van der Waals surface area contributed by atoms with Crippen molar-refractivity contribution in [3.8, 4) is 0 Å². The molecule has 0 aliphatic rings. The quantitative estimate of drug-likeness (QED) is 0.608. The first-order chi connectivity index (χ1) is 5.15. The summed E-state index contributed by atoms with van der Waals surface area (Å²) in [6.07, 6.45) is 1.70. The molecule has 11 heavy (non-hydrogen) atoms. The third-order valence-corrected chi connectivity index (χ3v) is 1.94. The monoisotopic (exact) mass is 175 g/mol. The Hall–Kier alpha value is -0.640. The van der Waals surface area contributed by atoms with Crippen LogP contribution in [0.2, 0.25) is 0 Å². The first kappa shape index (κ1) is 8.46. The van der Waals surface area contributed by atoms with Gasteiger partial charge in [0.15, 0.2) is 5.82 Å². The minimum atomic E-state index is -0.597. The van der Waals surface area contributed by atoms with Gasteiger partial charge in [-0.3, -0.25) is 0 Å². The molecule has 0 amide bonds. The van der Waals surface area contributed by atoms with Crippen LogP contribution >= 0.6 is 11.8 Å². The Morgan fingerprint density at radius 3 is 2.55 bits per heavy atom. The van der Waals surface area contributed by atoms with Crippen molar-refractivity contribution in [1.82, 2.24) is 4.98 Å². The Morgan fingerprint density at radius 2 is 2.00 bits per heavy atom. The lowest BCUT2D eigenvalue weighted by Crippen LogP contribution is -1.93. The van der Waals surface area contributed by atoms with Gasteiger partial charge in [-0.1, -0.05) is 0 Å². The van der Waals surface area contributed by atoms with Gasteiger partial charge in [0.2, 0.25) is 0 Å². The maximum atomic E-state index is 12.7. The Morgan fingerprint density at radius 1 is 1.36 bits per heavy atom. The Kier molecular flexibility index (Phi) is 2.44. The minimum Gasteiger partial charge on any atom is -0.241 e. The Bertz CT molecular complexity index is 275. The van der Waals surface area contributed by atoms with Crippen LogP contribution in [0.1, 0.15) is 5.69 Å². The normalized spacial score (nSPS) is 10.2. The standard InChI is InChI=1S/C7H7F2NS/c1-4-5(8)3-6(9)7(10-4)11-2/h3H,1-2H3. The van der Waals surface area contributed by atoms with Gasteiger partial charge in [0, 0.05) is 6.07 Å². The van der Waals surface area contributed by atoms with E-state index < -0.39 is 11.6 Å². The zero-order valence-electron chi connectivity index (χ0n) is 6.19. The summed E-state index contributed by atoms with van der Waals surface area (Å²) in [6.45, 7) is 1.51. The van der Waals surface area contributed by atoms with E-state index in [0.29, 0.717) is 0 Å². The van der Waals surface area contributed by atoms with Gasteiger partial charge >= 0.3 is 0 Å². The summed E-state index contributed by atoms with van der Waals surface area (Å²) >= 11 is 1.17. The van der Waals surface area contributed by atoms with Crippen molar-refractivity contribution in [2.45, 2.75) is 11.9 Å². The molecule has 1 heterocycles. The van der Waals surface area contributed by atoms with E-state index in [4.69, 9.17) is 0 Å². The zero-order chi connectivity index (χ0) is 8.43. The van der Waals surface area contributed by atoms with Gasteiger partial charge in [-0.15, -0.1) is 11.8 Å². The maximum absolute atomic E-state index is 12.7. The topological polar surface area (TPSA) is 12.9 Å². The third-order valence-electron chi connectivity index (χ3n) is 1.27. The first-order valence-electron chi connectivity index (χ1n) is 3.01. The molecule has 0 aliphatic heterocycles. The number of halogens is 2. The second-order valence-electron chi connectivity index (χ2n) is 2.05. The molecule has 0 bridgehead atoms. The summed E-state index contributed by atoms with van der Waals surface area (Å²) in [4.78, 5) is 3.70. The van der Waals surface area contributed by atoms with Crippen LogP contribution in [-0.2, 0) is 0 Å². The summed E-state index contributed by atoms with van der Waals surface area (Å²) in [5.74, 6) is -1.19. The van der Waals surface area contributed by atoms with Crippen LogP contribution in [0.15, 0.2) is 11.1 Å². The summed E-state index contributed by atoms with van der Waals surface area (Å²) in [6, 6.07) is 0.855. The van der Waals surface area contributed by atoms with Crippen LogP contribution in [0.3, 0.4) is 0 Å². The molecule has 0 fully saturated rings. The second kappa shape index (κ2) is 3.17. The SMILES string of the molecule is CSc1nc(C)c(F)cc1F. The fraction of sp³-hybridized carbons (Fsp3) is 0.286. The molecule has 0 saturated carbocycles. The molecule has 60 valence electrons. The summed E-state index contributed by atoms with van der Waals surface area (Å²) < 4.78 is 25.3. The molecule has 0 atom stereocenters. The van der Waals surface area contributed by atoms with Gasteiger partial charge in [0.05, 0.1) is 5.69 Å². The number of hydrogen-bond acceptors (Lipinski definition) is 2. The van der Waals surface area contributed by atoms with Gasteiger partial charge in [0.25, 0.3) is 0 Å². The molecule has 0 saturated heterocycles. The van der Waals surface area contributed by atoms with Crippen LogP contribution in [0, 0.1) is 18.6 Å². The van der Waals surface area contributed by atoms with Gasteiger partial charge in [-0.2, -0.15) is 0 Å². The highest BCUT2D eigenvalue weighted by Crippen LogP contribution is 2.18. The second-order valence-corrected chi connectivity index (χ2v) is 2.84. The van der Waals surface area contributed by atoms with Crippen molar-refractivity contribution < 1.29 is 8.78 Å². The van der Waals surface area contributed by atoms with E-state index in [-0.39, 0.29) is 10.7 Å². The van der Waals surface area contributed by atoms with Gasteiger partial charge < -0.3 is 0 Å². The minimum absolute atomic E-state index is 0.232. The van der Waals surface area contributed by atoms with E-state index in [2.05, 4.69) is 4.98 Å². The van der Waals surface area contributed by atoms with Crippen LogP contribution in [0.5, 0.6) is 0 Å². The lowest BCUT2D eigenvalue weighted by Gasteiger charge is -1.99. The third kappa shape index (κ3) is 1.68. The fourth-order valence-electron chi connectivity index (χ4n) is 0.680. The highest BCUT2D eigenvalue weighted by atomic mass is 32.2. The van der Waals surface area contributed by atoms with Crippen molar-refractivity contribution in [1.29, 1.82) is 0 Å². The smallest absolute Gasteiger partial charge is 0.158 e. The average Bonchev–Trinajstić information content (AvgIpc) is 1.97. The fourth-order valence-corrected chi connectivity index (χ4v) is 1.16. The van der Waals surface area contributed by atoms with E-state index >= 15 is 0 Å². The van der Waals surface area contributed by atoms with Crippen molar-refractivity contribution in [3.05, 3.63) is 23.4 Å². The Balaban J connectivity index is 3.21. The first-order valence-corrected chi connectivity index (χ1v) is 4.24. The van der Waals surface area contributed by atoms with Crippen LogP contribution in [0.25, 0.3) is 0 Å². The molecule has 0 aromatic carbocycles. The summed E-state index contributed by atoms with van der Waals surface area (Å²) in [5, 5.41) is 0.240. The number of hydrogen-bond donors (Lipinski definition) is 0. The molecule has 0 radical (unpaired) electrons. The molecule has 0 unspecified atom stereocenters. The van der Waals surface area contributed by atoms with E-state index in [9.17, 15) is 8.78 Å². The number of nitrogens with zero attached hydrogens (tertiary/aromatic N) is 1. The van der Waals surface area contributed by atoms with Gasteiger partial charge in [0.1, 0.15) is 10.8 Å². The average molecular weight is 175 g/mol. The van der Waals surface area contributed by atoms with Crippen LogP contribution in [-0.4, -0.2) is 11.2 Å². The van der Waals surface area contributed by atoms with Gasteiger partial charge in [-0.25, -0.2) is 13.8 Å². The van der Waals surface area contributed by atoms with Gasteiger partial charge in [-0.05, 0) is 13.2 Å². The summed E-state index contributed by atoms with van der Waals surface area (Å²) in [7, 11) is 0. The molecule has 0 N–H and O–H groups in total. The van der Waals surface area contributed by atoms with E-state index in [1.54, 1.807) is 6.26 Å². The molecule has 0 aliphatic carbocycles. The van der Waals surface area contributed by atoms with Crippen LogP contribution in [0.4, 0.5) is 8.78 Å². The zero-order valence-corrected chi connectivity index (χ0v) is 7.01. The van der Waals surface area contributed by atoms with Crippen molar-refractivity contribution in [2.24, 2.45) is 0 Å². The lowest BCUT2D eigenvalue weighted by molar-refractivity contribution is 0.541. The van der Waals surface area contributed by atoms with E-state index in [1.165, 1.54) is 18.7 Å². The Labute approximate surface area is 67.8 Å². The predicted molar refractivity (Wildman–Crippen MR) is 40.7 cm³/mol. The molecule has 1 aromatic rings. The lowest BCUT2D eigenvalue weighted by atomic mass is 10.3. The molecule has 1 rings (SSSR count). The number of aromatic nitrogens is 1. The summed E-state index contributed by atoms with van der Waals surface area (Å²) in [5.41, 5.74) is 0.232. The van der Waals surface area contributed by atoms with Crippen molar-refractivity contribution in [3.63, 3.8) is 0 Å². The van der Waals surface area contributed by atoms with E-state index in [0.717, 1.165) is 6.07 Å². The predicted octanol–water partition coefficient (Wildman–Crippen LogP) is 2.39. The van der Waals surface area contributed by atoms with Crippen molar-refractivity contribution in [2.75, 3.05) is 6.26 Å². The molecule has 1 nitrogen and oxygen atoms in total. The molecule has 1 aromatic heterocycles. The molecular formula is C7H7F2NS. The number of rotatable bonds is 1. The van der Waals surface area contributed by atoms with Crippen molar-refractivity contribution >= 4 is 11.8 Å². The van der Waals surface area contributed by atoms with E-state index in [1.807, 2.05) is 0 Å². The number of pyridine rings is 1. The van der Waals surface area contributed by atoms with Crippen LogP contribution < -0.4 is 0 Å². The number of aryl methyl sites for hydroxylation is 1. The molecule has 0 spiro atoms. The largest absolute Gasteiger partial charge is 0.241 e. The highest BCUT2D eigenvalue weighted by Gasteiger charge is 2.06. The molecular weight excluding hydrogens is 168 g/mol.